The standard InChI is InChI=1S/C18H26N6O6/c1-18(2,3)30-17(28)23-9-14(26)21-8-13(25)22-10-15(27)29-12-6-4-11(5-7-12)24-16(19)20/h4-7H,8-10H2,1-3H3,(H,21,26)(H,22,25)(H,23,28)(H4,19,20,24). The van der Waals surface area contributed by atoms with Crippen molar-refractivity contribution in [1.82, 2.24) is 16.0 Å². The minimum atomic E-state index is -0.754. The van der Waals surface area contributed by atoms with E-state index in [0.29, 0.717) is 5.69 Å². The minimum Gasteiger partial charge on any atom is -0.444 e. The third-order valence-electron chi connectivity index (χ3n) is 2.99. The summed E-state index contributed by atoms with van der Waals surface area (Å²) in [6.45, 7) is 3.91. The summed E-state index contributed by atoms with van der Waals surface area (Å²) in [7, 11) is 0. The highest BCUT2D eigenvalue weighted by atomic mass is 16.6. The van der Waals surface area contributed by atoms with Crippen LogP contribution in [-0.4, -0.2) is 55.1 Å². The maximum absolute atomic E-state index is 11.8. The number of nitrogens with one attached hydrogen (secondary N) is 3. The lowest BCUT2D eigenvalue weighted by molar-refractivity contribution is -0.135. The van der Waals surface area contributed by atoms with Crippen LogP contribution >= 0.6 is 0 Å². The first-order chi connectivity index (χ1) is 13.9. The quantitative estimate of drug-likeness (QED) is 0.157. The van der Waals surface area contributed by atoms with Gasteiger partial charge in [0.25, 0.3) is 0 Å². The molecule has 30 heavy (non-hydrogen) atoms. The van der Waals surface area contributed by atoms with Gasteiger partial charge in [-0.3, -0.25) is 9.59 Å². The summed E-state index contributed by atoms with van der Waals surface area (Å²) in [6, 6.07) is 6.06. The van der Waals surface area contributed by atoms with Crippen LogP contribution in [0.5, 0.6) is 5.75 Å². The van der Waals surface area contributed by atoms with Crippen molar-refractivity contribution >= 4 is 35.5 Å². The fraction of sp³-hybridized carbons (Fsp3) is 0.389. The van der Waals surface area contributed by atoms with Crippen LogP contribution in [0, 0.1) is 0 Å². The van der Waals surface area contributed by atoms with Crippen LogP contribution in [0.25, 0.3) is 0 Å². The SMILES string of the molecule is CC(C)(C)OC(=O)NCC(=O)NCC(=O)NCC(=O)Oc1ccc(N=C(N)N)cc1. The number of aliphatic imine (C=N–C) groups is 1. The highest BCUT2D eigenvalue weighted by molar-refractivity contribution is 5.88. The van der Waals surface area contributed by atoms with Gasteiger partial charge < -0.3 is 36.9 Å². The van der Waals surface area contributed by atoms with Gasteiger partial charge in [0.2, 0.25) is 11.8 Å². The predicted octanol–water partition coefficient (Wildman–Crippen LogP) is -0.746. The summed E-state index contributed by atoms with van der Waals surface area (Å²) >= 11 is 0. The van der Waals surface area contributed by atoms with Crippen LogP contribution < -0.4 is 32.2 Å². The molecule has 0 saturated carbocycles. The Hall–Kier alpha value is -3.83. The Bertz CT molecular complexity index is 796. The molecule has 0 saturated heterocycles. The lowest BCUT2D eigenvalue weighted by Crippen LogP contribution is -2.44. The molecule has 1 aromatic carbocycles. The molecule has 0 aliphatic heterocycles. The summed E-state index contributed by atoms with van der Waals surface area (Å²) in [5, 5.41) is 6.84. The third-order valence-corrected chi connectivity index (χ3v) is 2.99. The van der Waals surface area contributed by atoms with Crippen molar-refractivity contribution in [2.45, 2.75) is 26.4 Å². The molecule has 0 atom stereocenters. The number of alkyl carbamates (subject to hydrolysis) is 1. The molecule has 1 rings (SSSR count). The van der Waals surface area contributed by atoms with Gasteiger partial charge >= 0.3 is 12.1 Å². The zero-order valence-corrected chi connectivity index (χ0v) is 17.0. The van der Waals surface area contributed by atoms with E-state index in [-0.39, 0.29) is 24.8 Å². The Balaban J connectivity index is 2.27. The van der Waals surface area contributed by atoms with Gasteiger partial charge in [-0.1, -0.05) is 0 Å². The molecule has 164 valence electrons. The first kappa shape index (κ1) is 24.2. The number of guanidine groups is 1. The van der Waals surface area contributed by atoms with Crippen molar-refractivity contribution in [1.29, 1.82) is 0 Å². The van der Waals surface area contributed by atoms with Gasteiger partial charge in [-0.15, -0.1) is 0 Å². The van der Waals surface area contributed by atoms with Crippen LogP contribution in [0.1, 0.15) is 20.8 Å². The van der Waals surface area contributed by atoms with Crippen molar-refractivity contribution in [3.05, 3.63) is 24.3 Å². The molecule has 0 aromatic heterocycles. The first-order valence-corrected chi connectivity index (χ1v) is 8.85. The fourth-order valence-corrected chi connectivity index (χ4v) is 1.85. The molecule has 7 N–H and O–H groups in total. The second-order valence-electron chi connectivity index (χ2n) is 6.91. The number of hydrogen-bond donors (Lipinski definition) is 5. The van der Waals surface area contributed by atoms with Crippen molar-refractivity contribution < 1.29 is 28.7 Å². The normalized spacial score (nSPS) is 10.4. The van der Waals surface area contributed by atoms with Gasteiger partial charge in [0.1, 0.15) is 24.4 Å². The van der Waals surface area contributed by atoms with Gasteiger partial charge in [-0.25, -0.2) is 14.6 Å². The smallest absolute Gasteiger partial charge is 0.408 e. The molecule has 0 heterocycles. The number of benzene rings is 1. The largest absolute Gasteiger partial charge is 0.444 e. The Labute approximate surface area is 173 Å². The van der Waals surface area contributed by atoms with Crippen LogP contribution in [0.15, 0.2) is 29.3 Å². The molecular formula is C18H26N6O6. The van der Waals surface area contributed by atoms with Crippen molar-refractivity contribution in [3.63, 3.8) is 0 Å². The average Bonchev–Trinajstić information content (AvgIpc) is 2.63. The van der Waals surface area contributed by atoms with E-state index in [0.717, 1.165) is 0 Å². The van der Waals surface area contributed by atoms with E-state index in [4.69, 9.17) is 20.9 Å². The number of ether oxygens (including phenoxy) is 2. The molecule has 0 fully saturated rings. The van der Waals surface area contributed by atoms with E-state index < -0.39 is 36.0 Å². The zero-order chi connectivity index (χ0) is 22.7. The highest BCUT2D eigenvalue weighted by Crippen LogP contribution is 2.17. The molecule has 0 aliphatic rings. The molecule has 0 spiro atoms. The topological polar surface area (TPSA) is 187 Å². The maximum Gasteiger partial charge on any atom is 0.408 e. The molecule has 0 aliphatic carbocycles. The summed E-state index contributed by atoms with van der Waals surface area (Å²) in [5.41, 5.74) is 10.3. The van der Waals surface area contributed by atoms with E-state index in [9.17, 15) is 19.2 Å². The van der Waals surface area contributed by atoms with Crippen LogP contribution in [-0.2, 0) is 19.1 Å². The number of nitrogens with zero attached hydrogens (tertiary/aromatic N) is 1. The first-order valence-electron chi connectivity index (χ1n) is 8.85. The van der Waals surface area contributed by atoms with Crippen molar-refractivity contribution in [2.75, 3.05) is 19.6 Å². The number of carbonyl (C=O) groups is 4. The Kier molecular flexibility index (Phi) is 9.07. The maximum atomic E-state index is 11.8. The van der Waals surface area contributed by atoms with E-state index in [2.05, 4.69) is 20.9 Å². The predicted molar refractivity (Wildman–Crippen MR) is 108 cm³/mol. The highest BCUT2D eigenvalue weighted by Gasteiger charge is 2.16. The van der Waals surface area contributed by atoms with Crippen LogP contribution in [0.4, 0.5) is 10.5 Å². The summed E-state index contributed by atoms with van der Waals surface area (Å²) < 4.78 is 10.0. The molecule has 12 nitrogen and oxygen atoms in total. The van der Waals surface area contributed by atoms with Gasteiger partial charge in [0.15, 0.2) is 5.96 Å². The summed E-state index contributed by atoms with van der Waals surface area (Å²) in [5.74, 6) is -1.78. The lowest BCUT2D eigenvalue weighted by atomic mass is 10.2. The number of rotatable bonds is 8. The minimum absolute atomic E-state index is 0.102. The van der Waals surface area contributed by atoms with E-state index in [1.165, 1.54) is 12.1 Å². The Morgan fingerprint density at radius 1 is 0.900 bits per heavy atom. The Morgan fingerprint density at radius 2 is 1.43 bits per heavy atom. The molecule has 0 unspecified atom stereocenters. The van der Waals surface area contributed by atoms with Crippen LogP contribution in [0.3, 0.4) is 0 Å². The Morgan fingerprint density at radius 3 is 1.97 bits per heavy atom. The fourth-order valence-electron chi connectivity index (χ4n) is 1.85. The molecule has 0 radical (unpaired) electrons. The van der Waals surface area contributed by atoms with E-state index in [1.54, 1.807) is 32.9 Å². The lowest BCUT2D eigenvalue weighted by Gasteiger charge is -2.19. The monoisotopic (exact) mass is 422 g/mol. The molecule has 0 bridgehead atoms. The number of hydrogen-bond acceptors (Lipinski definition) is 7. The van der Waals surface area contributed by atoms with Gasteiger partial charge in [0.05, 0.1) is 12.2 Å². The molecule has 12 heteroatoms. The second kappa shape index (κ2) is 11.2. The molecule has 3 amide bonds. The van der Waals surface area contributed by atoms with E-state index in [1.807, 2.05) is 0 Å². The molecule has 1 aromatic rings. The number of amides is 3. The number of carbonyl (C=O) groups excluding carboxylic acids is 4. The average molecular weight is 422 g/mol. The van der Waals surface area contributed by atoms with Crippen LogP contribution in [0.2, 0.25) is 0 Å². The van der Waals surface area contributed by atoms with Gasteiger partial charge in [0, 0.05) is 0 Å². The zero-order valence-electron chi connectivity index (χ0n) is 17.0. The number of nitrogens with two attached hydrogens (primary N) is 2. The second-order valence-corrected chi connectivity index (χ2v) is 6.91. The van der Waals surface area contributed by atoms with Gasteiger partial charge in [-0.2, -0.15) is 0 Å². The third kappa shape index (κ3) is 11.1. The summed E-state index contributed by atoms with van der Waals surface area (Å²) in [4.78, 5) is 50.3. The summed E-state index contributed by atoms with van der Waals surface area (Å²) in [6.07, 6.45) is -0.754. The van der Waals surface area contributed by atoms with Crippen molar-refractivity contribution in [2.24, 2.45) is 16.5 Å². The van der Waals surface area contributed by atoms with E-state index >= 15 is 0 Å². The van der Waals surface area contributed by atoms with Gasteiger partial charge in [-0.05, 0) is 45.0 Å². The van der Waals surface area contributed by atoms with Crippen molar-refractivity contribution in [3.8, 4) is 5.75 Å². The molecular weight excluding hydrogens is 396 g/mol. The number of esters is 1.